The standard InChI is InChI=1S/C18H29NO2/c1-5-21-12-18(13(2)3)19-17-8-6-7-14-11-15(20-4)9-10-16(14)17/h9-11,13,17-19H,5-8,12H2,1-4H3. The summed E-state index contributed by atoms with van der Waals surface area (Å²) in [6, 6.07) is 7.33. The number of hydrogen-bond acceptors (Lipinski definition) is 3. The van der Waals surface area contributed by atoms with Crippen LogP contribution in [-0.4, -0.2) is 26.4 Å². The van der Waals surface area contributed by atoms with Crippen molar-refractivity contribution in [2.45, 2.75) is 52.1 Å². The fourth-order valence-electron chi connectivity index (χ4n) is 3.03. The van der Waals surface area contributed by atoms with Crippen molar-refractivity contribution in [3.05, 3.63) is 29.3 Å². The lowest BCUT2D eigenvalue weighted by molar-refractivity contribution is 0.102. The summed E-state index contributed by atoms with van der Waals surface area (Å²) in [6.07, 6.45) is 3.59. The van der Waals surface area contributed by atoms with Crippen LogP contribution < -0.4 is 10.1 Å². The van der Waals surface area contributed by atoms with E-state index in [1.54, 1.807) is 7.11 Å². The Balaban J connectivity index is 2.11. The van der Waals surface area contributed by atoms with Crippen molar-refractivity contribution in [2.75, 3.05) is 20.3 Å². The lowest BCUT2D eigenvalue weighted by Gasteiger charge is -2.32. The van der Waals surface area contributed by atoms with Gasteiger partial charge in [0.15, 0.2) is 0 Å². The maximum atomic E-state index is 5.64. The molecular weight excluding hydrogens is 262 g/mol. The van der Waals surface area contributed by atoms with Gasteiger partial charge in [0.2, 0.25) is 0 Å². The highest BCUT2D eigenvalue weighted by Gasteiger charge is 2.24. The number of hydrogen-bond donors (Lipinski definition) is 1. The van der Waals surface area contributed by atoms with E-state index in [2.05, 4.69) is 44.3 Å². The smallest absolute Gasteiger partial charge is 0.119 e. The summed E-state index contributed by atoms with van der Waals surface area (Å²) < 4.78 is 11.0. The molecule has 0 fully saturated rings. The number of rotatable bonds is 7. The third kappa shape index (κ3) is 4.21. The third-order valence-corrected chi connectivity index (χ3v) is 4.39. The second kappa shape index (κ2) is 7.81. The second-order valence-electron chi connectivity index (χ2n) is 6.19. The maximum absolute atomic E-state index is 5.64. The largest absolute Gasteiger partial charge is 0.497 e. The molecule has 0 saturated heterocycles. The Morgan fingerprint density at radius 2 is 2.14 bits per heavy atom. The minimum absolute atomic E-state index is 0.406. The molecule has 21 heavy (non-hydrogen) atoms. The number of methoxy groups -OCH3 is 1. The van der Waals surface area contributed by atoms with E-state index in [4.69, 9.17) is 9.47 Å². The van der Waals surface area contributed by atoms with E-state index in [1.807, 2.05) is 0 Å². The molecule has 0 spiro atoms. The third-order valence-electron chi connectivity index (χ3n) is 4.39. The SMILES string of the molecule is CCOCC(NC1CCCc2cc(OC)ccc21)C(C)C. The van der Waals surface area contributed by atoms with Gasteiger partial charge in [0.1, 0.15) is 5.75 Å². The zero-order chi connectivity index (χ0) is 15.2. The molecule has 0 bridgehead atoms. The van der Waals surface area contributed by atoms with Gasteiger partial charge in [0.25, 0.3) is 0 Å². The van der Waals surface area contributed by atoms with E-state index in [9.17, 15) is 0 Å². The molecule has 2 atom stereocenters. The van der Waals surface area contributed by atoms with E-state index in [0.29, 0.717) is 18.0 Å². The van der Waals surface area contributed by atoms with Crippen molar-refractivity contribution in [1.29, 1.82) is 0 Å². The second-order valence-corrected chi connectivity index (χ2v) is 6.19. The quantitative estimate of drug-likeness (QED) is 0.830. The molecule has 0 aliphatic heterocycles. The summed E-state index contributed by atoms with van der Waals surface area (Å²) in [5, 5.41) is 3.82. The van der Waals surface area contributed by atoms with E-state index in [1.165, 1.54) is 24.0 Å². The number of nitrogens with one attached hydrogen (secondary N) is 1. The molecule has 1 N–H and O–H groups in total. The average Bonchev–Trinajstić information content (AvgIpc) is 2.50. The van der Waals surface area contributed by atoms with Gasteiger partial charge >= 0.3 is 0 Å². The van der Waals surface area contributed by atoms with Crippen LogP contribution >= 0.6 is 0 Å². The first-order chi connectivity index (χ1) is 10.2. The first-order valence-corrected chi connectivity index (χ1v) is 8.16. The minimum Gasteiger partial charge on any atom is -0.497 e. The summed E-state index contributed by atoms with van der Waals surface area (Å²) in [6.45, 7) is 8.14. The summed E-state index contributed by atoms with van der Waals surface area (Å²) in [5.74, 6) is 1.53. The van der Waals surface area contributed by atoms with Crippen molar-refractivity contribution in [3.8, 4) is 5.75 Å². The summed E-state index contributed by atoms with van der Waals surface area (Å²) in [7, 11) is 1.73. The normalized spacial score (nSPS) is 19.4. The molecule has 0 heterocycles. The van der Waals surface area contributed by atoms with Crippen LogP contribution in [0.1, 0.15) is 50.8 Å². The Morgan fingerprint density at radius 3 is 2.81 bits per heavy atom. The molecular formula is C18H29NO2. The number of fused-ring (bicyclic) bond motifs is 1. The van der Waals surface area contributed by atoms with Gasteiger partial charge in [-0.05, 0) is 55.4 Å². The molecule has 0 radical (unpaired) electrons. The average molecular weight is 291 g/mol. The lowest BCUT2D eigenvalue weighted by Crippen LogP contribution is -2.41. The van der Waals surface area contributed by atoms with Crippen LogP contribution in [0.5, 0.6) is 5.75 Å². The molecule has 0 saturated carbocycles. The fraction of sp³-hybridized carbons (Fsp3) is 0.667. The predicted octanol–water partition coefficient (Wildman–Crippen LogP) is 3.72. The van der Waals surface area contributed by atoms with Crippen LogP contribution in [0.15, 0.2) is 18.2 Å². The van der Waals surface area contributed by atoms with Crippen molar-refractivity contribution in [1.82, 2.24) is 5.32 Å². The Labute approximate surface area is 129 Å². The molecule has 3 nitrogen and oxygen atoms in total. The van der Waals surface area contributed by atoms with Crippen molar-refractivity contribution in [2.24, 2.45) is 5.92 Å². The minimum atomic E-state index is 0.406. The van der Waals surface area contributed by atoms with Gasteiger partial charge in [-0.25, -0.2) is 0 Å². The van der Waals surface area contributed by atoms with E-state index >= 15 is 0 Å². The molecule has 1 aromatic carbocycles. The highest BCUT2D eigenvalue weighted by Crippen LogP contribution is 2.32. The molecule has 0 amide bonds. The van der Waals surface area contributed by atoms with Crippen LogP contribution in [-0.2, 0) is 11.2 Å². The number of benzene rings is 1. The molecule has 1 aromatic rings. The highest BCUT2D eigenvalue weighted by molar-refractivity contribution is 5.39. The first-order valence-electron chi connectivity index (χ1n) is 8.16. The van der Waals surface area contributed by atoms with Gasteiger partial charge in [-0.1, -0.05) is 19.9 Å². The molecule has 2 rings (SSSR count). The molecule has 0 aromatic heterocycles. The van der Waals surface area contributed by atoms with Gasteiger partial charge < -0.3 is 14.8 Å². The van der Waals surface area contributed by atoms with Crippen molar-refractivity contribution >= 4 is 0 Å². The Hall–Kier alpha value is -1.06. The van der Waals surface area contributed by atoms with Gasteiger partial charge in [-0.15, -0.1) is 0 Å². The summed E-state index contributed by atoms with van der Waals surface area (Å²) >= 11 is 0. The number of ether oxygens (including phenoxy) is 2. The Kier molecular flexibility index (Phi) is 6.07. The zero-order valence-corrected chi connectivity index (χ0v) is 13.8. The summed E-state index contributed by atoms with van der Waals surface area (Å²) in [5.41, 5.74) is 2.86. The topological polar surface area (TPSA) is 30.5 Å². The van der Waals surface area contributed by atoms with Crippen LogP contribution in [0, 0.1) is 5.92 Å². The highest BCUT2D eigenvalue weighted by atomic mass is 16.5. The van der Waals surface area contributed by atoms with Crippen molar-refractivity contribution < 1.29 is 9.47 Å². The Bertz CT molecular complexity index is 445. The van der Waals surface area contributed by atoms with Crippen LogP contribution in [0.3, 0.4) is 0 Å². The maximum Gasteiger partial charge on any atom is 0.119 e. The van der Waals surface area contributed by atoms with Crippen molar-refractivity contribution in [3.63, 3.8) is 0 Å². The van der Waals surface area contributed by atoms with Gasteiger partial charge in [-0.2, -0.15) is 0 Å². The van der Waals surface area contributed by atoms with Gasteiger partial charge in [0, 0.05) is 18.7 Å². The molecule has 118 valence electrons. The van der Waals surface area contributed by atoms with E-state index in [0.717, 1.165) is 25.4 Å². The fourth-order valence-corrected chi connectivity index (χ4v) is 3.03. The molecule has 3 heteroatoms. The predicted molar refractivity (Wildman–Crippen MR) is 86.9 cm³/mol. The summed E-state index contributed by atoms with van der Waals surface area (Å²) in [4.78, 5) is 0. The van der Waals surface area contributed by atoms with Crippen LogP contribution in [0.25, 0.3) is 0 Å². The van der Waals surface area contributed by atoms with E-state index < -0.39 is 0 Å². The van der Waals surface area contributed by atoms with Crippen LogP contribution in [0.4, 0.5) is 0 Å². The zero-order valence-electron chi connectivity index (χ0n) is 13.8. The Morgan fingerprint density at radius 1 is 1.33 bits per heavy atom. The first kappa shape index (κ1) is 16.3. The number of aryl methyl sites for hydroxylation is 1. The molecule has 1 aliphatic rings. The monoisotopic (exact) mass is 291 g/mol. The molecule has 2 unspecified atom stereocenters. The molecule has 1 aliphatic carbocycles. The lowest BCUT2D eigenvalue weighted by atomic mass is 9.86. The van der Waals surface area contributed by atoms with Gasteiger partial charge in [-0.3, -0.25) is 0 Å². The van der Waals surface area contributed by atoms with Crippen LogP contribution in [0.2, 0.25) is 0 Å². The van der Waals surface area contributed by atoms with E-state index in [-0.39, 0.29) is 0 Å². The van der Waals surface area contributed by atoms with Gasteiger partial charge in [0.05, 0.1) is 13.7 Å².